The monoisotopic (exact) mass is 427 g/mol. The molecule has 7 heteroatoms. The van der Waals surface area contributed by atoms with Gasteiger partial charge in [0.2, 0.25) is 11.8 Å². The topological polar surface area (TPSA) is 62.7 Å². The largest absolute Gasteiger partial charge is 0.497 e. The van der Waals surface area contributed by atoms with Crippen LogP contribution in [0.3, 0.4) is 0 Å². The number of methoxy groups -OCH3 is 1. The zero-order chi connectivity index (χ0) is 21.2. The number of nitrogens with zero attached hydrogens (tertiary/aromatic N) is 3. The molecule has 1 saturated heterocycles. The Morgan fingerprint density at radius 2 is 1.73 bits per heavy atom. The van der Waals surface area contributed by atoms with Crippen LogP contribution in [0.5, 0.6) is 5.75 Å². The van der Waals surface area contributed by atoms with Gasteiger partial charge in [-0.05, 0) is 42.7 Å². The second-order valence-corrected chi connectivity index (χ2v) is 8.26. The van der Waals surface area contributed by atoms with Crippen molar-refractivity contribution in [2.24, 2.45) is 0 Å². The van der Waals surface area contributed by atoms with Gasteiger partial charge in [-0.15, -0.1) is 11.8 Å². The number of aryl methyl sites for hydroxylation is 1. The predicted octanol–water partition coefficient (Wildman–Crippen LogP) is 3.02. The third kappa shape index (κ3) is 6.76. The second kappa shape index (κ2) is 11.6. The maximum atomic E-state index is 12.6. The number of carbonyl (C=O) groups is 2. The fourth-order valence-corrected chi connectivity index (χ4v) is 4.27. The predicted molar refractivity (Wildman–Crippen MR) is 119 cm³/mol. The van der Waals surface area contributed by atoms with Crippen LogP contribution in [0.1, 0.15) is 24.1 Å². The van der Waals surface area contributed by atoms with Gasteiger partial charge in [-0.1, -0.05) is 18.2 Å². The summed E-state index contributed by atoms with van der Waals surface area (Å²) >= 11 is 1.59. The molecule has 0 radical (unpaired) electrons. The van der Waals surface area contributed by atoms with Gasteiger partial charge in [-0.2, -0.15) is 0 Å². The summed E-state index contributed by atoms with van der Waals surface area (Å²) in [5.74, 6) is 2.30. The van der Waals surface area contributed by atoms with Crippen molar-refractivity contribution < 1.29 is 14.3 Å². The molecule has 2 heterocycles. The number of carbonyl (C=O) groups excluding carboxylic acids is 2. The molecule has 1 aromatic carbocycles. The molecule has 0 spiro atoms. The third-order valence-electron chi connectivity index (χ3n) is 5.19. The number of hydrogen-bond acceptors (Lipinski definition) is 5. The first-order valence-corrected chi connectivity index (χ1v) is 11.5. The minimum atomic E-state index is 0.142. The van der Waals surface area contributed by atoms with E-state index in [4.69, 9.17) is 4.74 Å². The number of amides is 2. The number of ether oxygens (including phenoxy) is 1. The fraction of sp³-hybridized carbons (Fsp3) is 0.435. The molecule has 3 rings (SSSR count). The summed E-state index contributed by atoms with van der Waals surface area (Å²) in [5.41, 5.74) is 2.11. The van der Waals surface area contributed by atoms with Gasteiger partial charge in [0.1, 0.15) is 5.75 Å². The highest BCUT2D eigenvalue weighted by Crippen LogP contribution is 2.15. The van der Waals surface area contributed by atoms with Crippen molar-refractivity contribution in [1.82, 2.24) is 14.8 Å². The van der Waals surface area contributed by atoms with Crippen LogP contribution in [0.2, 0.25) is 0 Å². The molecule has 2 aromatic rings. The first-order chi connectivity index (χ1) is 14.7. The summed E-state index contributed by atoms with van der Waals surface area (Å²) in [6.45, 7) is 2.65. The molecular weight excluding hydrogens is 398 g/mol. The lowest BCUT2D eigenvalue weighted by atomic mass is 10.1. The van der Waals surface area contributed by atoms with Gasteiger partial charge < -0.3 is 14.5 Å². The maximum absolute atomic E-state index is 12.6. The Bertz CT molecular complexity index is 814. The molecule has 1 aliphatic heterocycles. The Hall–Kier alpha value is -2.54. The minimum Gasteiger partial charge on any atom is -0.497 e. The highest BCUT2D eigenvalue weighted by Gasteiger charge is 2.21. The van der Waals surface area contributed by atoms with Crippen molar-refractivity contribution >= 4 is 23.6 Å². The highest BCUT2D eigenvalue weighted by molar-refractivity contribution is 7.99. The van der Waals surface area contributed by atoms with E-state index in [0.29, 0.717) is 44.8 Å². The van der Waals surface area contributed by atoms with Gasteiger partial charge in [0.25, 0.3) is 0 Å². The molecule has 0 atom stereocenters. The summed E-state index contributed by atoms with van der Waals surface area (Å²) in [4.78, 5) is 33.3. The highest BCUT2D eigenvalue weighted by atomic mass is 32.2. The number of thioether (sulfide) groups is 1. The Labute approximate surface area is 182 Å². The molecule has 0 bridgehead atoms. The minimum absolute atomic E-state index is 0.142. The summed E-state index contributed by atoms with van der Waals surface area (Å²) in [6.07, 6.45) is 3.80. The first kappa shape index (κ1) is 22.2. The Morgan fingerprint density at radius 3 is 2.40 bits per heavy atom. The van der Waals surface area contributed by atoms with Crippen LogP contribution in [-0.4, -0.2) is 65.6 Å². The normalized spacial score (nSPS) is 14.3. The van der Waals surface area contributed by atoms with Gasteiger partial charge in [-0.25, -0.2) is 0 Å². The Morgan fingerprint density at radius 1 is 1.00 bits per heavy atom. The third-order valence-corrected chi connectivity index (χ3v) is 6.14. The molecule has 0 N–H and O–H groups in total. The molecular formula is C23H29N3O3S. The summed E-state index contributed by atoms with van der Waals surface area (Å²) in [5, 5.41) is 0. The maximum Gasteiger partial charge on any atom is 0.232 e. The van der Waals surface area contributed by atoms with Crippen LogP contribution in [-0.2, 0) is 21.8 Å². The zero-order valence-electron chi connectivity index (χ0n) is 17.5. The van der Waals surface area contributed by atoms with E-state index < -0.39 is 0 Å². The molecule has 1 fully saturated rings. The van der Waals surface area contributed by atoms with Crippen molar-refractivity contribution in [2.45, 2.75) is 25.0 Å². The quantitative estimate of drug-likeness (QED) is 0.648. The molecule has 1 aliphatic rings. The number of rotatable bonds is 8. The van der Waals surface area contributed by atoms with Gasteiger partial charge in [-0.3, -0.25) is 14.6 Å². The first-order valence-electron chi connectivity index (χ1n) is 10.3. The number of pyridine rings is 1. The van der Waals surface area contributed by atoms with E-state index in [-0.39, 0.29) is 11.8 Å². The lowest BCUT2D eigenvalue weighted by molar-refractivity contribution is -0.132. The van der Waals surface area contributed by atoms with E-state index in [1.54, 1.807) is 25.1 Å². The van der Waals surface area contributed by atoms with Crippen molar-refractivity contribution in [3.63, 3.8) is 0 Å². The fourth-order valence-electron chi connectivity index (χ4n) is 3.44. The van der Waals surface area contributed by atoms with Crippen molar-refractivity contribution in [2.75, 3.05) is 39.0 Å². The summed E-state index contributed by atoms with van der Waals surface area (Å²) < 4.78 is 5.17. The van der Waals surface area contributed by atoms with Gasteiger partial charge in [0, 0.05) is 44.5 Å². The van der Waals surface area contributed by atoms with E-state index in [9.17, 15) is 9.59 Å². The van der Waals surface area contributed by atoms with Gasteiger partial charge in [0.15, 0.2) is 0 Å². The lowest BCUT2D eigenvalue weighted by Crippen LogP contribution is -2.38. The summed E-state index contributed by atoms with van der Waals surface area (Å²) in [6, 6.07) is 13.6. The molecule has 0 aliphatic carbocycles. The number of aromatic nitrogens is 1. The van der Waals surface area contributed by atoms with E-state index in [1.807, 2.05) is 52.3 Å². The molecule has 2 amide bonds. The molecule has 1 aromatic heterocycles. The van der Waals surface area contributed by atoms with Crippen LogP contribution in [0.25, 0.3) is 0 Å². The van der Waals surface area contributed by atoms with Crippen molar-refractivity contribution in [1.29, 1.82) is 0 Å². The zero-order valence-corrected chi connectivity index (χ0v) is 18.3. The molecule has 0 unspecified atom stereocenters. The van der Waals surface area contributed by atoms with Crippen LogP contribution in [0.4, 0.5) is 0 Å². The number of benzene rings is 1. The average Bonchev–Trinajstić information content (AvgIpc) is 3.05. The average molecular weight is 428 g/mol. The van der Waals surface area contributed by atoms with E-state index >= 15 is 0 Å². The Kier molecular flexibility index (Phi) is 8.56. The van der Waals surface area contributed by atoms with Crippen LogP contribution in [0, 0.1) is 0 Å². The SMILES string of the molecule is COc1ccc(CCC(=O)N2CCCN(C(=O)CSCc3ccccn3)CC2)cc1. The van der Waals surface area contributed by atoms with E-state index in [2.05, 4.69) is 4.98 Å². The Balaban J connectivity index is 1.39. The van der Waals surface area contributed by atoms with Crippen LogP contribution >= 0.6 is 11.8 Å². The smallest absolute Gasteiger partial charge is 0.232 e. The molecule has 0 saturated carbocycles. The summed E-state index contributed by atoms with van der Waals surface area (Å²) in [7, 11) is 1.64. The van der Waals surface area contributed by atoms with Crippen molar-refractivity contribution in [3.05, 3.63) is 59.9 Å². The molecule has 6 nitrogen and oxygen atoms in total. The van der Waals surface area contributed by atoms with Gasteiger partial charge >= 0.3 is 0 Å². The van der Waals surface area contributed by atoms with Crippen LogP contribution < -0.4 is 4.74 Å². The standard InChI is InChI=1S/C23H29N3O3S/c1-29-21-9-6-19(7-10-21)8-11-22(27)25-13-4-14-26(16-15-25)23(28)18-30-17-20-5-2-3-12-24-20/h2-3,5-7,9-10,12H,4,8,11,13-18H2,1H3. The van der Waals surface area contributed by atoms with Crippen LogP contribution in [0.15, 0.2) is 48.7 Å². The van der Waals surface area contributed by atoms with Gasteiger partial charge in [0.05, 0.1) is 18.6 Å². The number of hydrogen-bond donors (Lipinski definition) is 0. The van der Waals surface area contributed by atoms with E-state index in [1.165, 1.54) is 0 Å². The molecule has 30 heavy (non-hydrogen) atoms. The molecule has 160 valence electrons. The lowest BCUT2D eigenvalue weighted by Gasteiger charge is -2.22. The second-order valence-electron chi connectivity index (χ2n) is 7.28. The van der Waals surface area contributed by atoms with E-state index in [0.717, 1.165) is 29.2 Å². The van der Waals surface area contributed by atoms with Crippen molar-refractivity contribution in [3.8, 4) is 5.75 Å².